The number of carboxylic acid groups (broad SMARTS) is 2. The van der Waals surface area contributed by atoms with Gasteiger partial charge in [-0.2, -0.15) is 0 Å². The third-order valence-corrected chi connectivity index (χ3v) is 8.11. The van der Waals surface area contributed by atoms with Crippen LogP contribution < -0.4 is 10.6 Å². The molecule has 4 rings (SSSR count). The average molecular weight is 632 g/mol. The molecule has 2 aromatic heterocycles. The van der Waals surface area contributed by atoms with E-state index in [1.54, 1.807) is 13.0 Å². The molecule has 2 amide bonds. The zero-order valence-electron chi connectivity index (χ0n) is 26.1. The first kappa shape index (κ1) is 34.8. The molecule has 2 aromatic rings. The Labute approximate surface area is 265 Å². The molecular weight excluding hydrogens is 594 g/mol. The predicted molar refractivity (Wildman–Crippen MR) is 171 cm³/mol. The highest BCUT2D eigenvalue weighted by Crippen LogP contribution is 2.31. The molecule has 0 bridgehead atoms. The molecule has 0 saturated heterocycles. The highest BCUT2D eigenvalue weighted by Gasteiger charge is 2.25. The molecule has 0 fully saturated rings. The first-order valence-electron chi connectivity index (χ1n) is 14.3. The largest absolute Gasteiger partial charge is 0.481 e. The fourth-order valence-electron chi connectivity index (χ4n) is 5.61. The van der Waals surface area contributed by atoms with Crippen molar-refractivity contribution in [2.75, 3.05) is 0 Å². The quantitative estimate of drug-likeness (QED) is 0.129. The summed E-state index contributed by atoms with van der Waals surface area (Å²) in [6, 6.07) is 0. The molecular formula is C33H37N5O8. The van der Waals surface area contributed by atoms with E-state index in [1.165, 1.54) is 11.4 Å². The molecule has 13 heteroatoms. The normalized spacial score (nSPS) is 16.0. The van der Waals surface area contributed by atoms with E-state index >= 15 is 0 Å². The van der Waals surface area contributed by atoms with Gasteiger partial charge < -0.3 is 36.0 Å². The molecule has 0 atom stereocenters. The maximum Gasteiger partial charge on any atom is 0.303 e. The number of hydrogen-bond acceptors (Lipinski definition) is 6. The molecule has 2 aliphatic heterocycles. The summed E-state index contributed by atoms with van der Waals surface area (Å²) in [6.07, 6.45) is 7.58. The number of hydrogen-bond donors (Lipinski definition) is 7. The van der Waals surface area contributed by atoms with Crippen LogP contribution in [-0.4, -0.2) is 49.1 Å². The monoisotopic (exact) mass is 631 g/mol. The third-order valence-electron chi connectivity index (χ3n) is 8.11. The molecule has 46 heavy (non-hydrogen) atoms. The maximum atomic E-state index is 12.3. The molecule has 0 radical (unpaired) electrons. The summed E-state index contributed by atoms with van der Waals surface area (Å²) < 4.78 is 0. The van der Waals surface area contributed by atoms with Crippen molar-refractivity contribution in [3.8, 4) is 0 Å². The number of H-pyrrole nitrogens is 2. The Morgan fingerprint density at radius 2 is 1.17 bits per heavy atom. The van der Waals surface area contributed by atoms with Gasteiger partial charge in [0, 0.05) is 64.5 Å². The zero-order valence-corrected chi connectivity index (χ0v) is 26.1. The van der Waals surface area contributed by atoms with Gasteiger partial charge in [0.25, 0.3) is 11.8 Å². The first-order valence-corrected chi connectivity index (χ1v) is 14.3. The Balaban J connectivity index is 0.00000185. The van der Waals surface area contributed by atoms with E-state index in [0.29, 0.717) is 34.5 Å². The van der Waals surface area contributed by atoms with Crippen LogP contribution in [0.4, 0.5) is 0 Å². The van der Waals surface area contributed by atoms with Crippen molar-refractivity contribution in [2.24, 2.45) is 5.34 Å². The number of aromatic amines is 2. The number of carbonyl (C=O) groups excluding carboxylic acids is 2. The van der Waals surface area contributed by atoms with Gasteiger partial charge >= 0.3 is 11.9 Å². The summed E-state index contributed by atoms with van der Waals surface area (Å²) in [5, 5.41) is 32.5. The van der Waals surface area contributed by atoms with Crippen molar-refractivity contribution in [1.82, 2.24) is 20.6 Å². The van der Waals surface area contributed by atoms with E-state index in [-0.39, 0.29) is 37.5 Å². The van der Waals surface area contributed by atoms with Crippen LogP contribution in [0.25, 0.3) is 12.2 Å². The van der Waals surface area contributed by atoms with Crippen molar-refractivity contribution in [2.45, 2.75) is 59.8 Å². The summed E-state index contributed by atoms with van der Waals surface area (Å²) in [4.78, 5) is 62.6. The van der Waals surface area contributed by atoms with Gasteiger partial charge in [0.1, 0.15) is 0 Å². The summed E-state index contributed by atoms with van der Waals surface area (Å²) in [5.74, 6) is -2.28. The fraction of sp³-hybridized carbons (Fsp3) is 0.273. The van der Waals surface area contributed by atoms with Gasteiger partial charge in [0.2, 0.25) is 0 Å². The summed E-state index contributed by atoms with van der Waals surface area (Å²) >= 11 is 0. The van der Waals surface area contributed by atoms with Crippen molar-refractivity contribution in [3.05, 3.63) is 109 Å². The first-order chi connectivity index (χ1) is 21.8. The molecule has 0 saturated carbocycles. The van der Waals surface area contributed by atoms with Gasteiger partial charge in [0.15, 0.2) is 5.34 Å². The van der Waals surface area contributed by atoms with E-state index < -0.39 is 11.9 Å². The summed E-state index contributed by atoms with van der Waals surface area (Å²) in [7, 11) is 0. The molecule has 0 aromatic carbocycles. The second-order valence-electron chi connectivity index (χ2n) is 10.8. The lowest BCUT2D eigenvalue weighted by Crippen LogP contribution is -2.15. The van der Waals surface area contributed by atoms with Crippen molar-refractivity contribution in [1.29, 1.82) is 0 Å². The Morgan fingerprint density at radius 3 is 1.59 bits per heavy atom. The van der Waals surface area contributed by atoms with Crippen LogP contribution in [0.15, 0.2) is 64.3 Å². The Kier molecular flexibility index (Phi) is 11.2. The molecule has 0 spiro atoms. The van der Waals surface area contributed by atoms with Gasteiger partial charge in [0.05, 0.1) is 5.70 Å². The van der Waals surface area contributed by atoms with Gasteiger partial charge in [-0.3, -0.25) is 19.2 Å². The highest BCUT2D eigenvalue weighted by molar-refractivity contribution is 6.03. The van der Waals surface area contributed by atoms with E-state index in [2.05, 4.69) is 33.8 Å². The lowest BCUT2D eigenvalue weighted by atomic mass is 9.98. The van der Waals surface area contributed by atoms with Crippen LogP contribution in [0.2, 0.25) is 0 Å². The number of allylic oxidation sites excluding steroid dienone is 2. The average Bonchev–Trinajstić information content (AvgIpc) is 3.63. The highest BCUT2D eigenvalue weighted by atomic mass is 16.6. The minimum absolute atomic E-state index is 0.0688. The molecule has 4 heterocycles. The van der Waals surface area contributed by atoms with Gasteiger partial charge in [-0.15, -0.1) is 4.91 Å². The Bertz CT molecular complexity index is 1760. The molecule has 13 nitrogen and oxygen atoms in total. The van der Waals surface area contributed by atoms with Crippen molar-refractivity contribution in [3.63, 3.8) is 0 Å². The topological polar surface area (TPSA) is 214 Å². The van der Waals surface area contributed by atoms with Crippen molar-refractivity contribution >= 4 is 35.9 Å². The van der Waals surface area contributed by atoms with Gasteiger partial charge in [-0.1, -0.05) is 25.3 Å². The molecule has 0 aliphatic carbocycles. The number of amides is 2. The second-order valence-corrected chi connectivity index (χ2v) is 10.8. The van der Waals surface area contributed by atoms with E-state index in [1.807, 2.05) is 32.9 Å². The maximum absolute atomic E-state index is 12.3. The molecule has 0 unspecified atom stereocenters. The van der Waals surface area contributed by atoms with E-state index in [4.69, 9.17) is 10.1 Å². The summed E-state index contributed by atoms with van der Waals surface area (Å²) in [5.41, 5.74) is 10.2. The van der Waals surface area contributed by atoms with Crippen LogP contribution in [0.1, 0.15) is 71.7 Å². The number of nitrogens with one attached hydrogen (secondary N) is 4. The van der Waals surface area contributed by atoms with Gasteiger partial charge in [-0.25, -0.2) is 0 Å². The second kappa shape index (κ2) is 14.8. The van der Waals surface area contributed by atoms with Crippen LogP contribution in [-0.2, 0) is 38.4 Å². The van der Waals surface area contributed by atoms with Crippen molar-refractivity contribution < 1.29 is 34.6 Å². The van der Waals surface area contributed by atoms with E-state index in [0.717, 1.165) is 50.6 Å². The Morgan fingerprint density at radius 1 is 0.739 bits per heavy atom. The van der Waals surface area contributed by atoms with Crippen LogP contribution in [0, 0.1) is 18.8 Å². The molecule has 7 N–H and O–H groups in total. The fourth-order valence-corrected chi connectivity index (χ4v) is 5.61. The van der Waals surface area contributed by atoms with Crippen LogP contribution in [0.5, 0.6) is 0 Å². The molecule has 242 valence electrons. The number of carbonyl (C=O) groups is 4. The number of carboxylic acids is 2. The van der Waals surface area contributed by atoms with Crippen LogP contribution >= 0.6 is 0 Å². The lowest BCUT2D eigenvalue weighted by molar-refractivity contribution is -0.138. The lowest BCUT2D eigenvalue weighted by Gasteiger charge is -2.07. The minimum Gasteiger partial charge on any atom is -0.481 e. The standard InChI is InChI=1S/C33H36N4O6.HNO2/c1-7-20-19(6)32(42)37-27(20)14-25-18(5)23(10-12-31(40)41)29(35-25)15-28-22(9-11-30(38)39)17(4)24(34-28)13-26-16(3)21(8-2)33(43)36-26;2-1-3/h7-8,13-14,34-35H,1-2,9-12,15H2,3-6H3,(H,36,43)(H,37,42)(H,38,39)(H,40,41);(H,2,3)/b26-13-,27-14-;. The third kappa shape index (κ3) is 7.49. The van der Waals surface area contributed by atoms with E-state index in [9.17, 15) is 29.4 Å². The number of aromatic nitrogens is 2. The number of nitrogens with zero attached hydrogens (tertiary/aromatic N) is 1. The SMILES string of the molecule is C=CC1=C(C)/C(=C/c2[nH]c(Cc3[nH]c(/C=C4\NC(=O)C(C)=C4C=C)c(C)c3CCC(=O)O)c(CCC(=O)O)c2C)NC1=O.O=NO. The Hall–Kier alpha value is -5.72. The minimum atomic E-state index is -0.922. The predicted octanol–water partition coefficient (Wildman–Crippen LogP) is 4.67. The number of aliphatic carboxylic acids is 2. The molecule has 2 aliphatic rings. The summed E-state index contributed by atoms with van der Waals surface area (Å²) in [6.45, 7) is 14.9. The van der Waals surface area contributed by atoms with Crippen LogP contribution in [0.3, 0.4) is 0 Å². The zero-order chi connectivity index (χ0) is 34.3. The smallest absolute Gasteiger partial charge is 0.303 e. The number of rotatable bonds is 12. The van der Waals surface area contributed by atoms with Gasteiger partial charge in [-0.05, 0) is 80.5 Å².